The first kappa shape index (κ1) is 17.7. The van der Waals surface area contributed by atoms with Gasteiger partial charge in [0.15, 0.2) is 0 Å². The lowest BCUT2D eigenvalue weighted by atomic mass is 10.0. The summed E-state index contributed by atoms with van der Waals surface area (Å²) in [6, 6.07) is -0.528. The van der Waals surface area contributed by atoms with E-state index in [1.165, 1.54) is 12.8 Å². The number of carbonyl (C=O) groups excluding carboxylic acids is 1. The highest BCUT2D eigenvalue weighted by molar-refractivity contribution is 5.75. The third-order valence-electron chi connectivity index (χ3n) is 4.63. The number of ether oxygens (including phenoxy) is 3. The van der Waals surface area contributed by atoms with Crippen LogP contribution in [-0.4, -0.2) is 43.0 Å². The molecule has 0 amide bonds. The van der Waals surface area contributed by atoms with Crippen LogP contribution >= 0.6 is 0 Å². The number of esters is 1. The molecule has 0 aromatic carbocycles. The van der Waals surface area contributed by atoms with Crippen molar-refractivity contribution >= 4 is 5.97 Å². The molecule has 0 spiro atoms. The number of hydrogen-bond acceptors (Lipinski definition) is 5. The Morgan fingerprint density at radius 1 is 1.18 bits per heavy atom. The fraction of sp³-hybridized carbons (Fsp3) is 0.941. The zero-order valence-corrected chi connectivity index (χ0v) is 14.0. The van der Waals surface area contributed by atoms with E-state index >= 15 is 0 Å². The van der Waals surface area contributed by atoms with E-state index in [4.69, 9.17) is 19.9 Å². The fourth-order valence-electron chi connectivity index (χ4n) is 3.35. The Balaban J connectivity index is 2.07. The van der Waals surface area contributed by atoms with Crippen LogP contribution in [0.25, 0.3) is 0 Å². The molecule has 1 saturated carbocycles. The molecule has 4 atom stereocenters. The molecule has 0 aromatic rings. The second-order valence-electron chi connectivity index (χ2n) is 6.60. The summed E-state index contributed by atoms with van der Waals surface area (Å²) in [6.45, 7) is 4.71. The van der Waals surface area contributed by atoms with Crippen LogP contribution in [0.3, 0.4) is 0 Å². The Bertz CT molecular complexity index is 344. The molecule has 5 nitrogen and oxygen atoms in total. The Labute approximate surface area is 133 Å². The Morgan fingerprint density at radius 3 is 2.59 bits per heavy atom. The first-order valence-corrected chi connectivity index (χ1v) is 8.85. The van der Waals surface area contributed by atoms with E-state index in [-0.39, 0.29) is 30.4 Å². The maximum atomic E-state index is 12.0. The van der Waals surface area contributed by atoms with Gasteiger partial charge in [-0.2, -0.15) is 0 Å². The highest BCUT2D eigenvalue weighted by Gasteiger charge is 2.36. The van der Waals surface area contributed by atoms with Crippen LogP contribution in [0.15, 0.2) is 0 Å². The standard InChI is InChI=1S/C17H31NO4/c1-3-11-20-15-10-6-9-14(18)17(19)21-12(2)16(15)22-13-7-4-5-8-13/h12-16H,3-11,18H2,1-2H3/t12-,14-,15-,16-/m0/s1. The topological polar surface area (TPSA) is 70.8 Å². The monoisotopic (exact) mass is 313 g/mol. The fourth-order valence-corrected chi connectivity index (χ4v) is 3.35. The highest BCUT2D eigenvalue weighted by atomic mass is 16.6. The summed E-state index contributed by atoms with van der Waals surface area (Å²) in [4.78, 5) is 12.0. The van der Waals surface area contributed by atoms with Crippen LogP contribution in [0.1, 0.15) is 65.2 Å². The van der Waals surface area contributed by atoms with Gasteiger partial charge in [0, 0.05) is 6.61 Å². The maximum Gasteiger partial charge on any atom is 0.323 e. The van der Waals surface area contributed by atoms with Gasteiger partial charge in [0.25, 0.3) is 0 Å². The molecule has 1 heterocycles. The van der Waals surface area contributed by atoms with Crippen LogP contribution in [0, 0.1) is 0 Å². The van der Waals surface area contributed by atoms with E-state index in [9.17, 15) is 4.79 Å². The lowest BCUT2D eigenvalue weighted by Gasteiger charge is -2.33. The van der Waals surface area contributed by atoms with E-state index in [2.05, 4.69) is 6.92 Å². The molecule has 0 radical (unpaired) electrons. The van der Waals surface area contributed by atoms with Crippen LogP contribution < -0.4 is 5.73 Å². The van der Waals surface area contributed by atoms with Crippen LogP contribution in [-0.2, 0) is 19.0 Å². The zero-order chi connectivity index (χ0) is 15.9. The van der Waals surface area contributed by atoms with Crippen LogP contribution in [0.4, 0.5) is 0 Å². The molecule has 2 fully saturated rings. The minimum absolute atomic E-state index is 0.0198. The quantitative estimate of drug-likeness (QED) is 0.790. The normalized spacial score (nSPS) is 34.8. The molecular weight excluding hydrogens is 282 g/mol. The smallest absolute Gasteiger partial charge is 0.323 e. The number of cyclic esters (lactones) is 1. The maximum absolute atomic E-state index is 12.0. The lowest BCUT2D eigenvalue weighted by Crippen LogP contribution is -2.44. The van der Waals surface area contributed by atoms with Gasteiger partial charge in [-0.05, 0) is 45.4 Å². The van der Waals surface area contributed by atoms with Gasteiger partial charge in [-0.25, -0.2) is 0 Å². The summed E-state index contributed by atoms with van der Waals surface area (Å²) in [5.74, 6) is -0.316. The zero-order valence-electron chi connectivity index (χ0n) is 14.0. The molecule has 0 unspecified atom stereocenters. The van der Waals surface area contributed by atoms with Gasteiger partial charge in [0.2, 0.25) is 0 Å². The van der Waals surface area contributed by atoms with Gasteiger partial charge in [0.05, 0.1) is 12.2 Å². The van der Waals surface area contributed by atoms with Crippen LogP contribution in [0.5, 0.6) is 0 Å². The van der Waals surface area contributed by atoms with E-state index < -0.39 is 6.04 Å². The molecular formula is C17H31NO4. The predicted molar refractivity (Wildman–Crippen MR) is 84.5 cm³/mol. The van der Waals surface area contributed by atoms with Crippen molar-refractivity contribution in [2.75, 3.05) is 6.61 Å². The van der Waals surface area contributed by atoms with Crippen molar-refractivity contribution in [3.8, 4) is 0 Å². The molecule has 128 valence electrons. The van der Waals surface area contributed by atoms with Crippen molar-refractivity contribution in [3.63, 3.8) is 0 Å². The Hall–Kier alpha value is -0.650. The second kappa shape index (κ2) is 8.85. The van der Waals surface area contributed by atoms with E-state index in [1.807, 2.05) is 6.92 Å². The van der Waals surface area contributed by atoms with Gasteiger partial charge < -0.3 is 19.9 Å². The van der Waals surface area contributed by atoms with Gasteiger partial charge in [0.1, 0.15) is 18.2 Å². The number of carbonyl (C=O) groups is 1. The summed E-state index contributed by atoms with van der Waals surface area (Å²) >= 11 is 0. The summed E-state index contributed by atoms with van der Waals surface area (Å²) < 4.78 is 17.9. The van der Waals surface area contributed by atoms with Gasteiger partial charge in [-0.1, -0.05) is 19.8 Å². The highest BCUT2D eigenvalue weighted by Crippen LogP contribution is 2.28. The lowest BCUT2D eigenvalue weighted by molar-refractivity contribution is -0.174. The molecule has 1 saturated heterocycles. The van der Waals surface area contributed by atoms with Gasteiger partial charge >= 0.3 is 5.97 Å². The average Bonchev–Trinajstić information content (AvgIpc) is 3.01. The Kier molecular flexibility index (Phi) is 7.12. The predicted octanol–water partition coefficient (Wildman–Crippen LogP) is 2.55. The number of rotatable bonds is 5. The molecule has 2 rings (SSSR count). The SMILES string of the molecule is CCCO[C@H]1CCC[C@H](N)C(=O)O[C@@H](C)[C@@H]1OC1CCCC1. The van der Waals surface area contributed by atoms with Gasteiger partial charge in [-0.15, -0.1) is 0 Å². The van der Waals surface area contributed by atoms with Crippen molar-refractivity contribution in [2.24, 2.45) is 5.73 Å². The first-order chi connectivity index (χ1) is 10.6. The van der Waals surface area contributed by atoms with Crippen molar-refractivity contribution in [2.45, 2.75) is 95.7 Å². The third kappa shape index (κ3) is 4.93. The largest absolute Gasteiger partial charge is 0.459 e. The third-order valence-corrected chi connectivity index (χ3v) is 4.63. The van der Waals surface area contributed by atoms with Crippen molar-refractivity contribution < 1.29 is 19.0 Å². The van der Waals surface area contributed by atoms with Gasteiger partial charge in [-0.3, -0.25) is 4.79 Å². The molecule has 22 heavy (non-hydrogen) atoms. The van der Waals surface area contributed by atoms with Crippen molar-refractivity contribution in [1.82, 2.24) is 0 Å². The summed E-state index contributed by atoms with van der Waals surface area (Å²) in [5.41, 5.74) is 5.88. The molecule has 1 aliphatic carbocycles. The molecule has 2 N–H and O–H groups in total. The number of nitrogens with two attached hydrogens (primary N) is 1. The van der Waals surface area contributed by atoms with E-state index in [0.717, 1.165) is 32.1 Å². The van der Waals surface area contributed by atoms with E-state index in [1.54, 1.807) is 0 Å². The second-order valence-corrected chi connectivity index (χ2v) is 6.60. The summed E-state index contributed by atoms with van der Waals surface area (Å²) in [7, 11) is 0. The molecule has 5 heteroatoms. The molecule has 0 bridgehead atoms. The minimum atomic E-state index is -0.528. The molecule has 0 aromatic heterocycles. The Morgan fingerprint density at radius 2 is 1.91 bits per heavy atom. The summed E-state index contributed by atoms with van der Waals surface area (Å²) in [5, 5.41) is 0. The van der Waals surface area contributed by atoms with Crippen LogP contribution in [0.2, 0.25) is 0 Å². The summed E-state index contributed by atoms with van der Waals surface area (Å²) in [6.07, 6.45) is 7.72. The number of hydrogen-bond donors (Lipinski definition) is 1. The van der Waals surface area contributed by atoms with E-state index in [0.29, 0.717) is 13.0 Å². The molecule has 1 aliphatic heterocycles. The van der Waals surface area contributed by atoms with Crippen molar-refractivity contribution in [1.29, 1.82) is 0 Å². The first-order valence-electron chi connectivity index (χ1n) is 8.85. The molecule has 2 aliphatic rings. The average molecular weight is 313 g/mol. The van der Waals surface area contributed by atoms with Crippen molar-refractivity contribution in [3.05, 3.63) is 0 Å². The minimum Gasteiger partial charge on any atom is -0.459 e.